The van der Waals surface area contributed by atoms with Crippen LogP contribution in [0.1, 0.15) is 19.8 Å². The molecule has 0 saturated heterocycles. The lowest BCUT2D eigenvalue weighted by Crippen LogP contribution is -2.29. The van der Waals surface area contributed by atoms with Gasteiger partial charge in [0.1, 0.15) is 0 Å². The van der Waals surface area contributed by atoms with E-state index < -0.39 is 10.8 Å². The van der Waals surface area contributed by atoms with Crippen molar-refractivity contribution >= 4 is 22.1 Å². The zero-order valence-corrected chi connectivity index (χ0v) is 9.81. The Labute approximate surface area is 91.0 Å². The van der Waals surface area contributed by atoms with Gasteiger partial charge in [-0.05, 0) is 30.2 Å². The van der Waals surface area contributed by atoms with Gasteiger partial charge in [-0.15, -0.1) is 11.3 Å². The number of thiophene rings is 1. The number of nitrogens with two attached hydrogens (primary N) is 1. The van der Waals surface area contributed by atoms with Gasteiger partial charge in [-0.1, -0.05) is 13.0 Å². The van der Waals surface area contributed by atoms with Crippen LogP contribution in [0.3, 0.4) is 0 Å². The molecular formula is C10H15NOS2. The van der Waals surface area contributed by atoms with Gasteiger partial charge in [0.05, 0.1) is 15.0 Å². The minimum absolute atomic E-state index is 0.240. The van der Waals surface area contributed by atoms with Crippen molar-refractivity contribution in [3.63, 3.8) is 0 Å². The summed E-state index contributed by atoms with van der Waals surface area (Å²) in [5.74, 6) is 0.387. The Morgan fingerprint density at radius 3 is 2.86 bits per heavy atom. The summed E-state index contributed by atoms with van der Waals surface area (Å²) in [6.45, 7) is 2.12. The van der Waals surface area contributed by atoms with Crippen LogP contribution in [0.2, 0.25) is 0 Å². The Morgan fingerprint density at radius 1 is 1.57 bits per heavy atom. The minimum atomic E-state index is -0.840. The quantitative estimate of drug-likeness (QED) is 0.842. The van der Waals surface area contributed by atoms with Crippen molar-refractivity contribution in [2.24, 2.45) is 11.7 Å². The smallest absolute Gasteiger partial charge is 0.0913 e. The van der Waals surface area contributed by atoms with E-state index in [1.54, 1.807) is 11.3 Å². The third-order valence-corrected chi connectivity index (χ3v) is 6.21. The van der Waals surface area contributed by atoms with Crippen LogP contribution in [0, 0.1) is 5.92 Å². The fraction of sp³-hybridized carbons (Fsp3) is 0.600. The highest BCUT2D eigenvalue weighted by Crippen LogP contribution is 2.32. The van der Waals surface area contributed by atoms with Crippen LogP contribution in [0.4, 0.5) is 0 Å². The summed E-state index contributed by atoms with van der Waals surface area (Å²) < 4.78 is 13.1. The molecule has 1 fully saturated rings. The van der Waals surface area contributed by atoms with Gasteiger partial charge in [-0.25, -0.2) is 0 Å². The van der Waals surface area contributed by atoms with Crippen LogP contribution >= 0.6 is 11.3 Å². The Kier molecular flexibility index (Phi) is 3.04. The van der Waals surface area contributed by atoms with Gasteiger partial charge in [-0.3, -0.25) is 4.21 Å². The topological polar surface area (TPSA) is 43.1 Å². The highest BCUT2D eigenvalue weighted by Gasteiger charge is 2.35. The van der Waals surface area contributed by atoms with Gasteiger partial charge in [0.25, 0.3) is 0 Å². The molecule has 2 nitrogen and oxygen atoms in total. The van der Waals surface area contributed by atoms with Crippen LogP contribution in [-0.2, 0) is 10.8 Å². The maximum Gasteiger partial charge on any atom is 0.0913 e. The predicted octanol–water partition coefficient (Wildman–Crippen LogP) is 1.98. The largest absolute Gasteiger partial charge is 0.327 e. The zero-order chi connectivity index (χ0) is 10.1. The molecule has 1 aliphatic carbocycles. The van der Waals surface area contributed by atoms with E-state index in [2.05, 4.69) is 6.92 Å². The zero-order valence-electron chi connectivity index (χ0n) is 8.18. The van der Waals surface area contributed by atoms with Crippen molar-refractivity contribution < 1.29 is 4.21 Å². The van der Waals surface area contributed by atoms with E-state index in [0.717, 1.165) is 17.1 Å². The van der Waals surface area contributed by atoms with E-state index in [1.165, 1.54) is 0 Å². The molecule has 2 rings (SSSR count). The third kappa shape index (κ3) is 1.78. The Hall–Kier alpha value is -0.190. The van der Waals surface area contributed by atoms with Crippen LogP contribution in [0.15, 0.2) is 21.7 Å². The van der Waals surface area contributed by atoms with Gasteiger partial charge in [0, 0.05) is 11.3 Å². The molecule has 1 aromatic rings. The van der Waals surface area contributed by atoms with E-state index >= 15 is 0 Å². The molecule has 0 aromatic carbocycles. The van der Waals surface area contributed by atoms with E-state index in [9.17, 15) is 4.21 Å². The fourth-order valence-corrected chi connectivity index (χ4v) is 4.81. The second-order valence-corrected chi connectivity index (χ2v) is 6.71. The van der Waals surface area contributed by atoms with Crippen molar-refractivity contribution in [1.82, 2.24) is 0 Å². The van der Waals surface area contributed by atoms with Crippen molar-refractivity contribution in [2.45, 2.75) is 35.3 Å². The molecule has 4 atom stereocenters. The molecule has 0 radical (unpaired) electrons. The first-order valence-corrected chi connectivity index (χ1v) is 6.99. The lowest BCUT2D eigenvalue weighted by atomic mass is 10.1. The SMILES string of the molecule is CC1C(N)CCC1S(=O)c1cccs1. The summed E-state index contributed by atoms with van der Waals surface area (Å²) in [6.07, 6.45) is 2.02. The molecule has 4 unspecified atom stereocenters. The average molecular weight is 229 g/mol. The molecule has 78 valence electrons. The number of hydrogen-bond donors (Lipinski definition) is 1. The van der Waals surface area contributed by atoms with Gasteiger partial charge in [0.2, 0.25) is 0 Å². The highest BCUT2D eigenvalue weighted by molar-refractivity contribution is 7.87. The summed E-state index contributed by atoms with van der Waals surface area (Å²) in [5.41, 5.74) is 5.93. The van der Waals surface area contributed by atoms with Crippen molar-refractivity contribution in [1.29, 1.82) is 0 Å². The van der Waals surface area contributed by atoms with E-state index in [4.69, 9.17) is 5.73 Å². The first-order valence-electron chi connectivity index (χ1n) is 4.90. The molecule has 1 aliphatic rings. The summed E-state index contributed by atoms with van der Waals surface area (Å²) >= 11 is 1.58. The standard InChI is InChI=1S/C10H15NOS2/c1-7-8(11)4-5-9(7)14(12)10-3-2-6-13-10/h2-3,6-9H,4-5,11H2,1H3. The molecule has 1 heterocycles. The molecule has 1 aromatic heterocycles. The second-order valence-electron chi connectivity index (χ2n) is 3.87. The molecule has 0 bridgehead atoms. The third-order valence-electron chi connectivity index (χ3n) is 3.01. The maximum atomic E-state index is 12.1. The molecule has 0 spiro atoms. The average Bonchev–Trinajstić information content (AvgIpc) is 2.77. The second kappa shape index (κ2) is 4.13. The summed E-state index contributed by atoms with van der Waals surface area (Å²) in [7, 11) is -0.840. The van der Waals surface area contributed by atoms with Gasteiger partial charge < -0.3 is 5.73 Å². The Morgan fingerprint density at radius 2 is 2.36 bits per heavy atom. The summed E-state index contributed by atoms with van der Waals surface area (Å²) in [5, 5.41) is 2.25. The van der Waals surface area contributed by atoms with Gasteiger partial charge in [0.15, 0.2) is 0 Å². The van der Waals surface area contributed by atoms with E-state index in [1.807, 2.05) is 17.5 Å². The first kappa shape index (κ1) is 10.3. The molecule has 2 N–H and O–H groups in total. The molecule has 0 amide bonds. The monoisotopic (exact) mass is 229 g/mol. The highest BCUT2D eigenvalue weighted by atomic mass is 32.2. The number of hydrogen-bond acceptors (Lipinski definition) is 3. The Bertz CT molecular complexity index is 323. The molecule has 14 heavy (non-hydrogen) atoms. The van der Waals surface area contributed by atoms with Gasteiger partial charge >= 0.3 is 0 Å². The lowest BCUT2D eigenvalue weighted by molar-refractivity contribution is 0.527. The molecule has 0 aliphatic heterocycles. The van der Waals surface area contributed by atoms with Crippen LogP contribution in [-0.4, -0.2) is 15.5 Å². The molecular weight excluding hydrogens is 214 g/mol. The summed E-state index contributed by atoms with van der Waals surface area (Å²) in [6, 6.07) is 4.15. The van der Waals surface area contributed by atoms with Crippen LogP contribution in [0.5, 0.6) is 0 Å². The van der Waals surface area contributed by atoms with Gasteiger partial charge in [-0.2, -0.15) is 0 Å². The maximum absolute atomic E-state index is 12.1. The van der Waals surface area contributed by atoms with Crippen LogP contribution in [0.25, 0.3) is 0 Å². The Balaban J connectivity index is 2.13. The predicted molar refractivity (Wildman–Crippen MR) is 60.9 cm³/mol. The summed E-state index contributed by atoms with van der Waals surface area (Å²) in [4.78, 5) is 0. The van der Waals surface area contributed by atoms with Crippen LogP contribution < -0.4 is 5.73 Å². The number of rotatable bonds is 2. The fourth-order valence-electron chi connectivity index (χ4n) is 1.99. The van der Waals surface area contributed by atoms with Crippen molar-refractivity contribution in [2.75, 3.05) is 0 Å². The van der Waals surface area contributed by atoms with Crippen molar-refractivity contribution in [3.05, 3.63) is 17.5 Å². The first-order chi connectivity index (χ1) is 6.70. The molecule has 4 heteroatoms. The van der Waals surface area contributed by atoms with Crippen molar-refractivity contribution in [3.8, 4) is 0 Å². The van der Waals surface area contributed by atoms with E-state index in [0.29, 0.717) is 5.92 Å². The molecule has 1 saturated carbocycles. The normalized spacial score (nSPS) is 34.6. The van der Waals surface area contributed by atoms with E-state index in [-0.39, 0.29) is 11.3 Å². The lowest BCUT2D eigenvalue weighted by Gasteiger charge is -2.16. The minimum Gasteiger partial charge on any atom is -0.327 e.